The maximum Gasteiger partial charge on any atom is 0.277 e. The van der Waals surface area contributed by atoms with Crippen LogP contribution >= 0.6 is 59.6 Å². The van der Waals surface area contributed by atoms with Crippen molar-refractivity contribution in [3.8, 4) is 0 Å². The van der Waals surface area contributed by atoms with Gasteiger partial charge in [0.15, 0.2) is 0 Å². The van der Waals surface area contributed by atoms with Crippen molar-refractivity contribution < 1.29 is 9.21 Å². The van der Waals surface area contributed by atoms with Gasteiger partial charge in [-0.25, -0.2) is 0 Å². The van der Waals surface area contributed by atoms with Gasteiger partial charge in [-0.15, -0.1) is 10.2 Å². The molecule has 2 aromatic rings. The number of rotatable bonds is 5. The van der Waals surface area contributed by atoms with E-state index >= 15 is 0 Å². The fourth-order valence-corrected chi connectivity index (χ4v) is 4.38. The van der Waals surface area contributed by atoms with E-state index in [2.05, 4.69) is 63.3 Å². The highest BCUT2D eigenvalue weighted by Crippen LogP contribution is 2.34. The number of nitrogens with one attached hydrogen (secondary N) is 1. The fourth-order valence-electron chi connectivity index (χ4n) is 1.34. The molecule has 0 saturated carbocycles. The Kier molecular flexibility index (Phi) is 6.23. The monoisotopic (exact) mass is 498 g/mol. The van der Waals surface area contributed by atoms with E-state index in [1.807, 2.05) is 12.1 Å². The van der Waals surface area contributed by atoms with Crippen molar-refractivity contribution in [3.05, 3.63) is 31.4 Å². The average molecular weight is 501 g/mol. The highest BCUT2D eigenvalue weighted by molar-refractivity contribution is 9.11. The predicted octanol–water partition coefficient (Wildman–Crippen LogP) is 3.55. The lowest BCUT2D eigenvalue weighted by atomic mass is 10.3. The summed E-state index contributed by atoms with van der Waals surface area (Å²) >= 11 is 11.3. The van der Waals surface area contributed by atoms with E-state index in [0.717, 1.165) is 25.2 Å². The molecule has 0 spiro atoms. The molecule has 1 amide bonds. The van der Waals surface area contributed by atoms with Crippen LogP contribution in [0.4, 0.5) is 5.69 Å². The minimum absolute atomic E-state index is 0.154. The van der Waals surface area contributed by atoms with E-state index in [0.29, 0.717) is 16.8 Å². The van der Waals surface area contributed by atoms with E-state index in [1.54, 1.807) is 0 Å². The molecule has 6 nitrogen and oxygen atoms in total. The molecule has 0 bridgehead atoms. The van der Waals surface area contributed by atoms with Crippen LogP contribution in [0.1, 0.15) is 5.89 Å². The van der Waals surface area contributed by atoms with Crippen molar-refractivity contribution in [1.29, 1.82) is 0 Å². The molecule has 3 N–H and O–H groups in total. The minimum Gasteiger partial charge on any atom is -0.415 e. The van der Waals surface area contributed by atoms with E-state index in [9.17, 15) is 4.79 Å². The summed E-state index contributed by atoms with van der Waals surface area (Å²) in [6, 6.07) is 3.69. The maximum absolute atomic E-state index is 12.0. The number of aromatic nitrogens is 2. The lowest BCUT2D eigenvalue weighted by molar-refractivity contribution is -0.113. The Balaban J connectivity index is 1.96. The Morgan fingerprint density at radius 3 is 2.52 bits per heavy atom. The molecule has 0 radical (unpaired) electrons. The van der Waals surface area contributed by atoms with Gasteiger partial charge in [0.05, 0.1) is 18.0 Å². The molecule has 0 fully saturated rings. The van der Waals surface area contributed by atoms with Gasteiger partial charge in [0, 0.05) is 13.4 Å². The van der Waals surface area contributed by atoms with Gasteiger partial charge in [-0.3, -0.25) is 4.79 Å². The van der Waals surface area contributed by atoms with Gasteiger partial charge in [0.25, 0.3) is 5.22 Å². The Labute approximate surface area is 150 Å². The summed E-state index contributed by atoms with van der Waals surface area (Å²) in [6.45, 7) is 0.179. The Morgan fingerprint density at radius 1 is 1.29 bits per heavy atom. The summed E-state index contributed by atoms with van der Waals surface area (Å²) in [5.41, 5.74) is 6.03. The highest BCUT2D eigenvalue weighted by Gasteiger charge is 2.13. The highest BCUT2D eigenvalue weighted by atomic mass is 79.9. The first-order valence-electron chi connectivity index (χ1n) is 5.59. The number of carbonyl (C=O) groups is 1. The third-order valence-electron chi connectivity index (χ3n) is 2.22. The van der Waals surface area contributed by atoms with Crippen LogP contribution in [0.15, 0.2) is 35.2 Å². The maximum atomic E-state index is 12.0. The molecular weight excluding hydrogens is 492 g/mol. The van der Waals surface area contributed by atoms with Gasteiger partial charge in [-0.2, -0.15) is 0 Å². The molecular formula is C11H9Br3N4O2S. The Bertz CT molecular complexity index is 642. The van der Waals surface area contributed by atoms with Crippen LogP contribution in [-0.4, -0.2) is 21.9 Å². The van der Waals surface area contributed by atoms with Crippen molar-refractivity contribution in [1.82, 2.24) is 10.2 Å². The zero-order chi connectivity index (χ0) is 15.4. The first-order valence-corrected chi connectivity index (χ1v) is 8.95. The zero-order valence-electron chi connectivity index (χ0n) is 10.4. The standard InChI is InChI=1S/C11H9Br3N4O2S/c12-5-1-6(13)10(7(14)2-5)16-8(19)4-21-11-18-17-9(3-15)20-11/h1-2H,3-4,15H2,(H,16,19). The lowest BCUT2D eigenvalue weighted by Crippen LogP contribution is -2.14. The summed E-state index contributed by atoms with van der Waals surface area (Å²) < 4.78 is 7.64. The normalized spacial score (nSPS) is 10.7. The van der Waals surface area contributed by atoms with Crippen LogP contribution in [0.2, 0.25) is 0 Å². The quantitative estimate of drug-likeness (QED) is 0.610. The van der Waals surface area contributed by atoms with Crippen molar-refractivity contribution in [2.75, 3.05) is 11.1 Å². The molecule has 0 atom stereocenters. The smallest absolute Gasteiger partial charge is 0.277 e. The van der Waals surface area contributed by atoms with Gasteiger partial charge < -0.3 is 15.5 Å². The third kappa shape index (κ3) is 4.78. The zero-order valence-corrected chi connectivity index (χ0v) is 16.0. The Morgan fingerprint density at radius 2 is 1.95 bits per heavy atom. The van der Waals surface area contributed by atoms with E-state index in [-0.39, 0.29) is 18.2 Å². The summed E-state index contributed by atoms with van der Waals surface area (Å²) in [5, 5.41) is 10.6. The number of halogens is 3. The van der Waals surface area contributed by atoms with E-state index < -0.39 is 0 Å². The molecule has 112 valence electrons. The lowest BCUT2D eigenvalue weighted by Gasteiger charge is -2.09. The largest absolute Gasteiger partial charge is 0.415 e. The average Bonchev–Trinajstić information content (AvgIpc) is 2.88. The van der Waals surface area contributed by atoms with E-state index in [1.165, 1.54) is 0 Å². The van der Waals surface area contributed by atoms with Crippen LogP contribution in [0.3, 0.4) is 0 Å². The van der Waals surface area contributed by atoms with Gasteiger partial charge in [-0.1, -0.05) is 27.7 Å². The predicted molar refractivity (Wildman–Crippen MR) is 91.1 cm³/mol. The Hall–Kier alpha value is -0.420. The molecule has 0 unspecified atom stereocenters. The van der Waals surface area contributed by atoms with Crippen molar-refractivity contribution in [2.24, 2.45) is 5.73 Å². The summed E-state index contributed by atoms with van der Waals surface area (Å²) in [6.07, 6.45) is 0. The van der Waals surface area contributed by atoms with Crippen molar-refractivity contribution in [3.63, 3.8) is 0 Å². The second kappa shape index (κ2) is 7.73. The SMILES string of the molecule is NCc1nnc(SCC(=O)Nc2c(Br)cc(Br)cc2Br)o1. The first-order chi connectivity index (χ1) is 9.99. The number of amides is 1. The molecule has 21 heavy (non-hydrogen) atoms. The molecule has 1 aromatic carbocycles. The molecule has 2 rings (SSSR count). The molecule has 0 aliphatic carbocycles. The van der Waals surface area contributed by atoms with Crippen LogP contribution in [-0.2, 0) is 11.3 Å². The number of thioether (sulfide) groups is 1. The van der Waals surface area contributed by atoms with Crippen molar-refractivity contribution in [2.45, 2.75) is 11.8 Å². The van der Waals surface area contributed by atoms with Crippen LogP contribution in [0, 0.1) is 0 Å². The number of hydrogen-bond acceptors (Lipinski definition) is 6. The van der Waals surface area contributed by atoms with Gasteiger partial charge >= 0.3 is 0 Å². The topological polar surface area (TPSA) is 94.0 Å². The number of carbonyl (C=O) groups excluding carboxylic acids is 1. The van der Waals surface area contributed by atoms with Crippen LogP contribution in [0.25, 0.3) is 0 Å². The number of benzene rings is 1. The summed E-state index contributed by atoms with van der Waals surface area (Å²) in [5.74, 6) is 0.314. The van der Waals surface area contributed by atoms with Crippen molar-refractivity contribution >= 4 is 71.1 Å². The first kappa shape index (κ1) is 16.9. The second-order valence-electron chi connectivity index (χ2n) is 3.75. The minimum atomic E-state index is -0.184. The van der Waals surface area contributed by atoms with Crippen LogP contribution in [0.5, 0.6) is 0 Å². The fraction of sp³-hybridized carbons (Fsp3) is 0.182. The number of hydrogen-bond donors (Lipinski definition) is 2. The number of nitrogens with two attached hydrogens (primary N) is 1. The molecule has 0 aliphatic rings. The number of nitrogens with zero attached hydrogens (tertiary/aromatic N) is 2. The molecule has 0 saturated heterocycles. The molecule has 1 aromatic heterocycles. The van der Waals surface area contributed by atoms with Gasteiger partial charge in [0.1, 0.15) is 0 Å². The van der Waals surface area contributed by atoms with Gasteiger partial charge in [0.2, 0.25) is 11.8 Å². The van der Waals surface area contributed by atoms with E-state index in [4.69, 9.17) is 10.2 Å². The summed E-state index contributed by atoms with van der Waals surface area (Å²) in [4.78, 5) is 12.0. The number of anilines is 1. The molecule has 0 aliphatic heterocycles. The third-order valence-corrected chi connectivity index (χ3v) is 4.75. The van der Waals surface area contributed by atoms with Crippen LogP contribution < -0.4 is 11.1 Å². The summed E-state index contributed by atoms with van der Waals surface area (Å²) in [7, 11) is 0. The second-order valence-corrected chi connectivity index (χ2v) is 7.30. The molecule has 10 heteroatoms. The van der Waals surface area contributed by atoms with Gasteiger partial charge in [-0.05, 0) is 44.0 Å². The molecule has 1 heterocycles.